The number of nitrogens with one attached hydrogen (secondary N) is 2. The predicted octanol–water partition coefficient (Wildman–Crippen LogP) is 3.05. The van der Waals surface area contributed by atoms with E-state index in [0.29, 0.717) is 11.5 Å². The van der Waals surface area contributed by atoms with E-state index in [9.17, 15) is 9.59 Å². The minimum absolute atomic E-state index is 0.274. The Labute approximate surface area is 179 Å². The summed E-state index contributed by atoms with van der Waals surface area (Å²) in [6.45, 7) is 4.94. The van der Waals surface area contributed by atoms with Crippen molar-refractivity contribution in [3.05, 3.63) is 48.5 Å². The van der Waals surface area contributed by atoms with E-state index in [1.807, 2.05) is 20.2 Å². The number of amides is 3. The number of anilines is 1. The molecule has 3 aromatic heterocycles. The Morgan fingerprint density at radius 2 is 1.94 bits per heavy atom. The number of aromatic nitrogens is 4. The highest BCUT2D eigenvalue weighted by Crippen LogP contribution is 2.28. The molecule has 3 aromatic rings. The molecule has 0 aliphatic carbocycles. The number of methoxy groups -OCH3 is 1. The van der Waals surface area contributed by atoms with Crippen LogP contribution in [-0.2, 0) is 16.6 Å². The summed E-state index contributed by atoms with van der Waals surface area (Å²) in [4.78, 5) is 32.6. The molecule has 2 N–H and O–H groups in total. The minimum Gasteiger partial charge on any atom is -0.455 e. The number of carbonyl (C=O) groups is 2. The van der Waals surface area contributed by atoms with Gasteiger partial charge in [-0.25, -0.2) is 9.78 Å². The summed E-state index contributed by atoms with van der Waals surface area (Å²) in [6.07, 6.45) is 6.74. The molecule has 0 unspecified atom stereocenters. The molecule has 0 bridgehead atoms. The summed E-state index contributed by atoms with van der Waals surface area (Å²) in [7, 11) is 3.23. The molecule has 0 radical (unpaired) electrons. The van der Waals surface area contributed by atoms with Gasteiger partial charge in [0.15, 0.2) is 0 Å². The number of nitrogens with zero attached hydrogens (tertiary/aromatic N) is 4. The van der Waals surface area contributed by atoms with Gasteiger partial charge in [-0.2, -0.15) is 5.10 Å². The molecule has 0 fully saturated rings. The van der Waals surface area contributed by atoms with Crippen molar-refractivity contribution in [3.63, 3.8) is 0 Å². The van der Waals surface area contributed by atoms with Crippen LogP contribution in [0.2, 0.25) is 0 Å². The van der Waals surface area contributed by atoms with Crippen LogP contribution in [0, 0.1) is 6.92 Å². The van der Waals surface area contributed by atoms with Crippen LogP contribution in [-0.4, -0.2) is 44.4 Å². The van der Waals surface area contributed by atoms with Gasteiger partial charge in [0.2, 0.25) is 0 Å². The molecule has 3 rings (SSSR count). The Kier molecular flexibility index (Phi) is 6.30. The van der Waals surface area contributed by atoms with Gasteiger partial charge in [-0.3, -0.25) is 25.1 Å². The van der Waals surface area contributed by atoms with Crippen molar-refractivity contribution >= 4 is 17.8 Å². The Hall–Kier alpha value is -3.79. The van der Waals surface area contributed by atoms with Crippen molar-refractivity contribution in [2.75, 3.05) is 12.4 Å². The topological polar surface area (TPSA) is 120 Å². The molecule has 3 heterocycles. The van der Waals surface area contributed by atoms with Crippen molar-refractivity contribution in [2.45, 2.75) is 26.4 Å². The zero-order chi connectivity index (χ0) is 22.6. The van der Waals surface area contributed by atoms with Crippen LogP contribution in [0.3, 0.4) is 0 Å². The number of ether oxygens (including phenoxy) is 2. The smallest absolute Gasteiger partial charge is 0.327 e. The molecule has 0 saturated carbocycles. The van der Waals surface area contributed by atoms with E-state index in [1.165, 1.54) is 13.3 Å². The van der Waals surface area contributed by atoms with Crippen molar-refractivity contribution in [3.8, 4) is 22.8 Å². The fraction of sp³-hybridized carbons (Fsp3) is 0.286. The number of hydrogen-bond acceptors (Lipinski definition) is 7. The second-order valence-corrected chi connectivity index (χ2v) is 7.34. The SMILES string of the molecule is COC(C)(C)C(=O)NC(=O)Nc1cc(C)c(Oc2ccnc(-c3cnn(C)c3)c2)cn1. The first-order chi connectivity index (χ1) is 14.7. The van der Waals surface area contributed by atoms with Crippen LogP contribution in [0.1, 0.15) is 19.4 Å². The average molecular weight is 424 g/mol. The van der Waals surface area contributed by atoms with E-state index < -0.39 is 17.5 Å². The second-order valence-electron chi connectivity index (χ2n) is 7.34. The third-order valence-electron chi connectivity index (χ3n) is 4.55. The molecule has 0 atom stereocenters. The fourth-order valence-electron chi connectivity index (χ4n) is 2.53. The Morgan fingerprint density at radius 3 is 2.58 bits per heavy atom. The van der Waals surface area contributed by atoms with Gasteiger partial charge in [0.1, 0.15) is 22.9 Å². The van der Waals surface area contributed by atoms with Crippen LogP contribution in [0.4, 0.5) is 10.6 Å². The van der Waals surface area contributed by atoms with Crippen molar-refractivity contribution in [1.29, 1.82) is 0 Å². The third kappa shape index (κ3) is 5.43. The van der Waals surface area contributed by atoms with Gasteiger partial charge in [0.25, 0.3) is 5.91 Å². The van der Waals surface area contributed by atoms with E-state index in [0.717, 1.165) is 16.8 Å². The van der Waals surface area contributed by atoms with Gasteiger partial charge < -0.3 is 9.47 Å². The second kappa shape index (κ2) is 8.92. The largest absolute Gasteiger partial charge is 0.455 e. The van der Waals surface area contributed by atoms with Crippen molar-refractivity contribution in [1.82, 2.24) is 25.1 Å². The first-order valence-electron chi connectivity index (χ1n) is 9.45. The standard InChI is InChI=1S/C21H24N6O4/c1-13-8-18(25-20(29)26-19(28)21(2,3)30-5)23-11-17(13)31-15-6-7-22-16(9-15)14-10-24-27(4)12-14/h6-12H,1-5H3,(H2,23,25,26,28,29). The van der Waals surface area contributed by atoms with Gasteiger partial charge in [0.05, 0.1) is 18.1 Å². The molecule has 162 valence electrons. The van der Waals surface area contributed by atoms with Gasteiger partial charge in [0, 0.05) is 38.2 Å². The predicted molar refractivity (Wildman–Crippen MR) is 114 cm³/mol. The van der Waals surface area contributed by atoms with E-state index in [-0.39, 0.29) is 5.82 Å². The minimum atomic E-state index is -1.13. The lowest BCUT2D eigenvalue weighted by Crippen LogP contribution is -2.47. The van der Waals surface area contributed by atoms with Gasteiger partial charge in [-0.1, -0.05) is 0 Å². The summed E-state index contributed by atoms with van der Waals surface area (Å²) in [5.41, 5.74) is 1.22. The molecule has 3 amide bonds. The number of aryl methyl sites for hydroxylation is 2. The molecule has 0 aliphatic rings. The van der Waals surface area contributed by atoms with Gasteiger partial charge in [-0.05, 0) is 38.5 Å². The summed E-state index contributed by atoms with van der Waals surface area (Å²) in [5.74, 6) is 0.818. The van der Waals surface area contributed by atoms with E-state index >= 15 is 0 Å². The lowest BCUT2D eigenvalue weighted by molar-refractivity contribution is -0.138. The van der Waals surface area contributed by atoms with E-state index in [2.05, 4.69) is 25.7 Å². The average Bonchev–Trinajstić information content (AvgIpc) is 3.16. The molecule has 0 aromatic carbocycles. The van der Waals surface area contributed by atoms with Gasteiger partial charge >= 0.3 is 6.03 Å². The monoisotopic (exact) mass is 424 g/mol. The van der Waals surface area contributed by atoms with Crippen molar-refractivity contribution in [2.24, 2.45) is 7.05 Å². The first-order valence-corrected chi connectivity index (χ1v) is 9.45. The number of carbonyl (C=O) groups excluding carboxylic acids is 2. The zero-order valence-corrected chi connectivity index (χ0v) is 18.0. The van der Waals surface area contributed by atoms with Gasteiger partial charge in [-0.15, -0.1) is 0 Å². The Morgan fingerprint density at radius 1 is 1.16 bits per heavy atom. The maximum Gasteiger partial charge on any atom is 0.327 e. The summed E-state index contributed by atoms with van der Waals surface area (Å²) >= 11 is 0. The lowest BCUT2D eigenvalue weighted by atomic mass is 10.1. The lowest BCUT2D eigenvalue weighted by Gasteiger charge is -2.21. The molecule has 10 nitrogen and oxygen atoms in total. The molecule has 0 saturated heterocycles. The highest BCUT2D eigenvalue weighted by Gasteiger charge is 2.28. The molecular formula is C21H24N6O4. The summed E-state index contributed by atoms with van der Waals surface area (Å²) in [6, 6.07) is 4.48. The van der Waals surface area contributed by atoms with Crippen LogP contribution in [0.15, 0.2) is 43.0 Å². The van der Waals surface area contributed by atoms with Crippen LogP contribution in [0.5, 0.6) is 11.5 Å². The Balaban J connectivity index is 1.67. The molecule has 0 aliphatic heterocycles. The van der Waals surface area contributed by atoms with Crippen LogP contribution < -0.4 is 15.4 Å². The number of urea groups is 1. The maximum absolute atomic E-state index is 12.1. The molecule has 0 spiro atoms. The maximum atomic E-state index is 12.1. The Bertz CT molecular complexity index is 1110. The molecular weight excluding hydrogens is 400 g/mol. The number of rotatable bonds is 6. The normalized spacial score (nSPS) is 11.1. The van der Waals surface area contributed by atoms with Crippen molar-refractivity contribution < 1.29 is 19.1 Å². The van der Waals surface area contributed by atoms with Crippen LogP contribution >= 0.6 is 0 Å². The summed E-state index contributed by atoms with van der Waals surface area (Å²) < 4.78 is 12.7. The number of imide groups is 1. The first kappa shape index (κ1) is 21.9. The number of pyridine rings is 2. The molecule has 31 heavy (non-hydrogen) atoms. The van der Waals surface area contributed by atoms with E-state index in [4.69, 9.17) is 9.47 Å². The van der Waals surface area contributed by atoms with Crippen LogP contribution in [0.25, 0.3) is 11.3 Å². The zero-order valence-electron chi connectivity index (χ0n) is 18.0. The number of hydrogen-bond donors (Lipinski definition) is 2. The summed E-state index contributed by atoms with van der Waals surface area (Å²) in [5, 5.41) is 8.89. The fourth-order valence-corrected chi connectivity index (χ4v) is 2.53. The van der Waals surface area contributed by atoms with E-state index in [1.54, 1.807) is 49.1 Å². The highest BCUT2D eigenvalue weighted by atomic mass is 16.5. The quantitative estimate of drug-likeness (QED) is 0.624. The third-order valence-corrected chi connectivity index (χ3v) is 4.55. The highest BCUT2D eigenvalue weighted by molar-refractivity contribution is 6.03. The molecule has 10 heteroatoms.